The summed E-state index contributed by atoms with van der Waals surface area (Å²) in [4.78, 5) is 24.9. The van der Waals surface area contributed by atoms with Crippen LogP contribution in [-0.2, 0) is 0 Å². The molecule has 0 saturated carbocycles. The molecule has 0 atom stereocenters. The SMILES string of the molecule is O=[C]1c2ccccc2[C](=O)[Ge]12[CH2]CCC[CH2]2. The number of hydrogen-bond acceptors (Lipinski definition) is 2. The average Bonchev–Trinajstić information content (AvgIpc) is 2.55. The van der Waals surface area contributed by atoms with Crippen molar-refractivity contribution in [1.82, 2.24) is 0 Å². The quantitative estimate of drug-likeness (QED) is 0.682. The normalized spacial score (nSPS) is 22.5. The standard InChI is InChI=1S/C13H14GeO2/c15-12-10-6-2-3-7-11(10)13(16)14(12)8-4-1-5-9-14/h2-3,6-7H,1,4-5,8-9H2. The first-order chi connectivity index (χ1) is 7.76. The Labute approximate surface area is 97.4 Å². The van der Waals surface area contributed by atoms with Gasteiger partial charge in [0.1, 0.15) is 0 Å². The molecule has 1 aromatic rings. The summed E-state index contributed by atoms with van der Waals surface area (Å²) in [6, 6.07) is 7.41. The second-order valence-electron chi connectivity index (χ2n) is 4.85. The fourth-order valence-corrected chi connectivity index (χ4v) is 12.6. The summed E-state index contributed by atoms with van der Waals surface area (Å²) in [6.07, 6.45) is 3.38. The predicted molar refractivity (Wildman–Crippen MR) is 64.3 cm³/mol. The fraction of sp³-hybridized carbons (Fsp3) is 0.385. The van der Waals surface area contributed by atoms with Crippen molar-refractivity contribution in [1.29, 1.82) is 0 Å². The van der Waals surface area contributed by atoms with Crippen LogP contribution in [0.3, 0.4) is 0 Å². The van der Waals surface area contributed by atoms with Crippen molar-refractivity contribution in [3.8, 4) is 0 Å². The minimum atomic E-state index is -2.88. The van der Waals surface area contributed by atoms with E-state index in [0.29, 0.717) is 0 Å². The van der Waals surface area contributed by atoms with E-state index in [1.54, 1.807) is 0 Å². The molecule has 0 bridgehead atoms. The summed E-state index contributed by atoms with van der Waals surface area (Å²) in [5.41, 5.74) is 1.46. The van der Waals surface area contributed by atoms with Crippen LogP contribution < -0.4 is 0 Å². The van der Waals surface area contributed by atoms with Gasteiger partial charge in [0.2, 0.25) is 0 Å². The van der Waals surface area contributed by atoms with Crippen LogP contribution in [0.15, 0.2) is 24.3 Å². The molecule has 2 nitrogen and oxygen atoms in total. The summed E-state index contributed by atoms with van der Waals surface area (Å²) in [7, 11) is 0. The second-order valence-corrected chi connectivity index (χ2v) is 13.4. The van der Waals surface area contributed by atoms with Gasteiger partial charge in [0, 0.05) is 0 Å². The zero-order valence-electron chi connectivity index (χ0n) is 9.16. The number of hydrogen-bond donors (Lipinski definition) is 0. The molecule has 0 unspecified atom stereocenters. The Morgan fingerprint density at radius 3 is 1.81 bits per heavy atom. The summed E-state index contributed by atoms with van der Waals surface area (Å²) in [5.74, 6) is 0. The Morgan fingerprint density at radius 2 is 1.31 bits per heavy atom. The van der Waals surface area contributed by atoms with Crippen LogP contribution in [0, 0.1) is 0 Å². The van der Waals surface area contributed by atoms with E-state index in [9.17, 15) is 9.59 Å². The van der Waals surface area contributed by atoms with E-state index in [1.165, 1.54) is 6.42 Å². The van der Waals surface area contributed by atoms with Crippen LogP contribution in [-0.4, -0.2) is 22.5 Å². The molecule has 3 rings (SSSR count). The molecule has 16 heavy (non-hydrogen) atoms. The van der Waals surface area contributed by atoms with E-state index >= 15 is 0 Å². The van der Waals surface area contributed by atoms with Gasteiger partial charge in [-0.15, -0.1) is 0 Å². The molecule has 0 N–H and O–H groups in total. The van der Waals surface area contributed by atoms with Crippen molar-refractivity contribution in [2.45, 2.75) is 29.8 Å². The Balaban J connectivity index is 2.13. The van der Waals surface area contributed by atoms with E-state index in [2.05, 4.69) is 0 Å². The first kappa shape index (κ1) is 10.3. The molecule has 1 aromatic carbocycles. The van der Waals surface area contributed by atoms with Crippen LogP contribution in [0.4, 0.5) is 0 Å². The van der Waals surface area contributed by atoms with Gasteiger partial charge in [-0.05, 0) is 0 Å². The number of benzene rings is 1. The molecule has 3 heteroatoms. The minimum absolute atomic E-state index is 0.264. The van der Waals surface area contributed by atoms with E-state index in [1.807, 2.05) is 24.3 Å². The molecule has 1 saturated heterocycles. The van der Waals surface area contributed by atoms with E-state index in [4.69, 9.17) is 0 Å². The number of carbonyl (C=O) groups excluding carboxylic acids is 2. The predicted octanol–water partition coefficient (Wildman–Crippen LogP) is 2.78. The van der Waals surface area contributed by atoms with Gasteiger partial charge >= 0.3 is 97.2 Å². The van der Waals surface area contributed by atoms with Crippen molar-refractivity contribution in [2.75, 3.05) is 0 Å². The van der Waals surface area contributed by atoms with Crippen LogP contribution >= 0.6 is 0 Å². The average molecular weight is 275 g/mol. The molecule has 1 fully saturated rings. The number of fused-ring (bicyclic) bond motifs is 1. The molecule has 2 aliphatic rings. The summed E-state index contributed by atoms with van der Waals surface area (Å²) in [6.45, 7) is 0. The maximum atomic E-state index is 12.4. The monoisotopic (exact) mass is 276 g/mol. The van der Waals surface area contributed by atoms with Gasteiger partial charge in [-0.2, -0.15) is 0 Å². The third-order valence-electron chi connectivity index (χ3n) is 3.99. The van der Waals surface area contributed by atoms with E-state index < -0.39 is 13.3 Å². The van der Waals surface area contributed by atoms with Crippen LogP contribution in [0.25, 0.3) is 0 Å². The van der Waals surface area contributed by atoms with E-state index in [0.717, 1.165) is 34.5 Å². The van der Waals surface area contributed by atoms with Crippen LogP contribution in [0.1, 0.15) is 40.0 Å². The molecular formula is C13H14GeO2. The fourth-order valence-electron chi connectivity index (χ4n) is 3.11. The molecule has 0 aromatic heterocycles. The summed E-state index contributed by atoms with van der Waals surface area (Å²) < 4.78 is 0.528. The van der Waals surface area contributed by atoms with Gasteiger partial charge in [-0.25, -0.2) is 0 Å². The Bertz CT molecular complexity index is 436. The van der Waals surface area contributed by atoms with Crippen molar-refractivity contribution in [2.24, 2.45) is 0 Å². The zero-order valence-corrected chi connectivity index (χ0v) is 11.3. The summed E-state index contributed by atoms with van der Waals surface area (Å²) in [5, 5.41) is 1.87. The van der Waals surface area contributed by atoms with Crippen molar-refractivity contribution in [3.05, 3.63) is 35.4 Å². The maximum absolute atomic E-state index is 12.4. The molecule has 1 spiro atoms. The Hall–Kier alpha value is -0.897. The molecule has 0 aliphatic carbocycles. The molecule has 0 radical (unpaired) electrons. The van der Waals surface area contributed by atoms with Crippen LogP contribution in [0.2, 0.25) is 10.5 Å². The van der Waals surface area contributed by atoms with Gasteiger partial charge in [-0.3, -0.25) is 0 Å². The molecule has 2 aliphatic heterocycles. The van der Waals surface area contributed by atoms with Gasteiger partial charge in [0.15, 0.2) is 0 Å². The Morgan fingerprint density at radius 1 is 0.812 bits per heavy atom. The first-order valence-electron chi connectivity index (χ1n) is 5.94. The van der Waals surface area contributed by atoms with Crippen LogP contribution in [0.5, 0.6) is 0 Å². The van der Waals surface area contributed by atoms with E-state index in [-0.39, 0.29) is 9.23 Å². The molecule has 2 heterocycles. The number of rotatable bonds is 0. The van der Waals surface area contributed by atoms with Gasteiger partial charge in [0.05, 0.1) is 0 Å². The molecular weight excluding hydrogens is 261 g/mol. The topological polar surface area (TPSA) is 34.1 Å². The third kappa shape index (κ3) is 1.19. The first-order valence-corrected chi connectivity index (χ1v) is 11.0. The summed E-state index contributed by atoms with van der Waals surface area (Å²) >= 11 is -2.88. The van der Waals surface area contributed by atoms with Gasteiger partial charge in [0.25, 0.3) is 0 Å². The zero-order chi connectivity index (χ0) is 11.2. The van der Waals surface area contributed by atoms with Gasteiger partial charge < -0.3 is 0 Å². The number of carbonyl (C=O) groups is 2. The second kappa shape index (κ2) is 3.55. The molecule has 0 amide bonds. The van der Waals surface area contributed by atoms with Gasteiger partial charge in [-0.1, -0.05) is 0 Å². The van der Waals surface area contributed by atoms with Crippen molar-refractivity contribution >= 4 is 22.5 Å². The Kier molecular flexibility index (Phi) is 2.28. The van der Waals surface area contributed by atoms with Crippen molar-refractivity contribution < 1.29 is 9.59 Å². The molecule has 82 valence electrons. The van der Waals surface area contributed by atoms with Crippen molar-refractivity contribution in [3.63, 3.8) is 0 Å². The third-order valence-corrected chi connectivity index (χ3v) is 13.8.